The molecule has 1 aliphatic rings. The van der Waals surface area contributed by atoms with Gasteiger partial charge in [0.2, 0.25) is 5.91 Å². The molecule has 1 atom stereocenters. The molecule has 0 spiro atoms. The number of rotatable bonds is 3. The number of carbonyl (C=O) groups is 2. The average molecular weight is 368 g/mol. The van der Waals surface area contributed by atoms with Crippen molar-refractivity contribution >= 4 is 33.5 Å². The van der Waals surface area contributed by atoms with Gasteiger partial charge in [0.25, 0.3) is 0 Å². The van der Waals surface area contributed by atoms with E-state index in [1.807, 2.05) is 0 Å². The SMILES string of the molecule is O=C(O)C1CC(=O)N(c2ccc(OC(F)(F)F)cc2Br)C1. The smallest absolute Gasteiger partial charge is 0.481 e. The van der Waals surface area contributed by atoms with Crippen LogP contribution in [0.5, 0.6) is 5.75 Å². The molecular weight excluding hydrogens is 359 g/mol. The molecule has 0 aliphatic carbocycles. The predicted octanol–water partition coefficient (Wildman–Crippen LogP) is 2.79. The largest absolute Gasteiger partial charge is 0.573 e. The molecule has 5 nitrogen and oxygen atoms in total. The fourth-order valence-electron chi connectivity index (χ4n) is 2.01. The van der Waals surface area contributed by atoms with E-state index >= 15 is 0 Å². The van der Waals surface area contributed by atoms with E-state index in [9.17, 15) is 22.8 Å². The lowest BCUT2D eigenvalue weighted by Gasteiger charge is -2.19. The highest BCUT2D eigenvalue weighted by Crippen LogP contribution is 2.35. The number of aliphatic carboxylic acids is 1. The summed E-state index contributed by atoms with van der Waals surface area (Å²) >= 11 is 3.06. The monoisotopic (exact) mass is 367 g/mol. The van der Waals surface area contributed by atoms with Crippen molar-refractivity contribution in [2.24, 2.45) is 5.92 Å². The number of carboxylic acids is 1. The number of anilines is 1. The summed E-state index contributed by atoms with van der Waals surface area (Å²) in [6, 6.07) is 3.41. The second-order valence-electron chi connectivity index (χ2n) is 4.40. The third-order valence-corrected chi connectivity index (χ3v) is 3.55. The van der Waals surface area contributed by atoms with Crippen molar-refractivity contribution in [1.82, 2.24) is 0 Å². The maximum atomic E-state index is 12.1. The van der Waals surface area contributed by atoms with Gasteiger partial charge in [0.05, 0.1) is 11.6 Å². The number of hydrogen-bond donors (Lipinski definition) is 1. The average Bonchev–Trinajstić information content (AvgIpc) is 2.69. The molecule has 0 saturated carbocycles. The van der Waals surface area contributed by atoms with Crippen LogP contribution in [0.15, 0.2) is 22.7 Å². The van der Waals surface area contributed by atoms with Gasteiger partial charge < -0.3 is 14.7 Å². The molecule has 1 aromatic carbocycles. The van der Waals surface area contributed by atoms with Gasteiger partial charge in [-0.15, -0.1) is 13.2 Å². The quantitative estimate of drug-likeness (QED) is 0.891. The first-order valence-electron chi connectivity index (χ1n) is 5.76. The zero-order valence-electron chi connectivity index (χ0n) is 10.4. The number of amides is 1. The molecule has 1 saturated heterocycles. The number of nitrogens with zero attached hydrogens (tertiary/aromatic N) is 1. The lowest BCUT2D eigenvalue weighted by atomic mass is 10.1. The summed E-state index contributed by atoms with van der Waals surface area (Å²) in [6.45, 7) is -0.0216. The number of ether oxygens (including phenoxy) is 1. The summed E-state index contributed by atoms with van der Waals surface area (Å²) in [4.78, 5) is 23.9. The van der Waals surface area contributed by atoms with Crippen LogP contribution in [-0.2, 0) is 9.59 Å². The van der Waals surface area contributed by atoms with E-state index in [1.54, 1.807) is 0 Å². The van der Waals surface area contributed by atoms with E-state index in [0.717, 1.165) is 12.1 Å². The van der Waals surface area contributed by atoms with Crippen LogP contribution in [0.3, 0.4) is 0 Å². The molecular formula is C12H9BrF3NO4. The van der Waals surface area contributed by atoms with E-state index in [0.29, 0.717) is 5.69 Å². The van der Waals surface area contributed by atoms with Gasteiger partial charge in [0, 0.05) is 17.4 Å². The standard InChI is InChI=1S/C12H9BrF3NO4/c13-8-4-7(21-12(14,15)16)1-2-9(8)17-5-6(11(19)20)3-10(17)18/h1-2,4,6H,3,5H2,(H,19,20). The minimum absolute atomic E-state index is 0.0216. The molecule has 1 aliphatic heterocycles. The Morgan fingerprint density at radius 2 is 2.10 bits per heavy atom. The van der Waals surface area contributed by atoms with E-state index in [-0.39, 0.29) is 17.4 Å². The van der Waals surface area contributed by atoms with Crippen molar-refractivity contribution in [2.45, 2.75) is 12.8 Å². The van der Waals surface area contributed by atoms with Crippen LogP contribution >= 0.6 is 15.9 Å². The minimum Gasteiger partial charge on any atom is -0.481 e. The third-order valence-electron chi connectivity index (χ3n) is 2.92. The zero-order valence-corrected chi connectivity index (χ0v) is 11.9. The summed E-state index contributed by atoms with van der Waals surface area (Å²) in [7, 11) is 0. The summed E-state index contributed by atoms with van der Waals surface area (Å²) in [6.07, 6.45) is -4.94. The van der Waals surface area contributed by atoms with Crippen LogP contribution in [0.1, 0.15) is 6.42 Å². The second kappa shape index (κ2) is 5.55. The predicted molar refractivity (Wildman–Crippen MR) is 68.9 cm³/mol. The Labute approximate surface area is 125 Å². The minimum atomic E-state index is -4.81. The van der Waals surface area contributed by atoms with E-state index in [1.165, 1.54) is 11.0 Å². The number of halogens is 4. The van der Waals surface area contributed by atoms with Crippen LogP contribution in [0.2, 0.25) is 0 Å². The molecule has 114 valence electrons. The Balaban J connectivity index is 2.22. The molecule has 9 heteroatoms. The van der Waals surface area contributed by atoms with Gasteiger partial charge in [0.15, 0.2) is 0 Å². The molecule has 1 amide bonds. The first kappa shape index (κ1) is 15.6. The second-order valence-corrected chi connectivity index (χ2v) is 5.26. The van der Waals surface area contributed by atoms with Crippen LogP contribution in [0, 0.1) is 5.92 Å². The number of carboxylic acid groups (broad SMARTS) is 1. The van der Waals surface area contributed by atoms with Crippen LogP contribution in [0.4, 0.5) is 18.9 Å². The molecule has 1 heterocycles. The number of benzene rings is 1. The van der Waals surface area contributed by atoms with Gasteiger partial charge in [-0.2, -0.15) is 0 Å². The van der Waals surface area contributed by atoms with Gasteiger partial charge in [0.1, 0.15) is 5.75 Å². The van der Waals surface area contributed by atoms with Gasteiger partial charge >= 0.3 is 12.3 Å². The number of hydrogen-bond acceptors (Lipinski definition) is 3. The molecule has 1 N–H and O–H groups in total. The Hall–Kier alpha value is -1.77. The van der Waals surface area contributed by atoms with Crippen LogP contribution < -0.4 is 9.64 Å². The Bertz CT molecular complexity index is 590. The van der Waals surface area contributed by atoms with Crippen molar-refractivity contribution in [3.8, 4) is 5.75 Å². The van der Waals surface area contributed by atoms with Gasteiger partial charge in [-0.3, -0.25) is 9.59 Å². The number of alkyl halides is 3. The summed E-state index contributed by atoms with van der Waals surface area (Å²) < 4.78 is 40.3. The van der Waals surface area contributed by atoms with Crippen molar-refractivity contribution in [1.29, 1.82) is 0 Å². The summed E-state index contributed by atoms with van der Waals surface area (Å²) in [5.41, 5.74) is 0.304. The van der Waals surface area contributed by atoms with Gasteiger partial charge in [-0.05, 0) is 34.1 Å². The molecule has 21 heavy (non-hydrogen) atoms. The Morgan fingerprint density at radius 3 is 2.57 bits per heavy atom. The van der Waals surface area contributed by atoms with Gasteiger partial charge in [-0.1, -0.05) is 0 Å². The molecule has 0 radical (unpaired) electrons. The highest BCUT2D eigenvalue weighted by Gasteiger charge is 2.36. The molecule has 0 aromatic heterocycles. The molecule has 1 fully saturated rings. The molecule has 2 rings (SSSR count). The maximum Gasteiger partial charge on any atom is 0.573 e. The Morgan fingerprint density at radius 1 is 1.43 bits per heavy atom. The maximum absolute atomic E-state index is 12.1. The molecule has 0 bridgehead atoms. The lowest BCUT2D eigenvalue weighted by molar-refractivity contribution is -0.274. The van der Waals surface area contributed by atoms with E-state index < -0.39 is 29.9 Å². The molecule has 1 unspecified atom stereocenters. The van der Waals surface area contributed by atoms with Crippen LogP contribution in [0.25, 0.3) is 0 Å². The van der Waals surface area contributed by atoms with Crippen molar-refractivity contribution in [3.05, 3.63) is 22.7 Å². The lowest BCUT2D eigenvalue weighted by Crippen LogP contribution is -2.26. The van der Waals surface area contributed by atoms with Crippen LogP contribution in [-0.4, -0.2) is 29.9 Å². The third kappa shape index (κ3) is 3.66. The van der Waals surface area contributed by atoms with E-state index in [2.05, 4.69) is 20.7 Å². The highest BCUT2D eigenvalue weighted by molar-refractivity contribution is 9.10. The number of carbonyl (C=O) groups excluding carboxylic acids is 1. The fourth-order valence-corrected chi connectivity index (χ4v) is 2.58. The van der Waals surface area contributed by atoms with Crippen molar-refractivity contribution in [2.75, 3.05) is 11.4 Å². The summed E-state index contributed by atoms with van der Waals surface area (Å²) in [5.74, 6) is -2.73. The zero-order chi connectivity index (χ0) is 15.8. The fraction of sp³-hybridized carbons (Fsp3) is 0.333. The summed E-state index contributed by atoms with van der Waals surface area (Å²) in [5, 5.41) is 8.90. The molecule has 1 aromatic rings. The van der Waals surface area contributed by atoms with Crippen molar-refractivity contribution < 1.29 is 32.6 Å². The highest BCUT2D eigenvalue weighted by atomic mass is 79.9. The Kier molecular flexibility index (Phi) is 4.13. The topological polar surface area (TPSA) is 66.8 Å². The first-order chi connectivity index (χ1) is 9.67. The van der Waals surface area contributed by atoms with Crippen molar-refractivity contribution in [3.63, 3.8) is 0 Å². The first-order valence-corrected chi connectivity index (χ1v) is 6.55. The normalized spacial score (nSPS) is 19.0. The van der Waals surface area contributed by atoms with E-state index in [4.69, 9.17) is 5.11 Å². The van der Waals surface area contributed by atoms with Gasteiger partial charge in [-0.25, -0.2) is 0 Å².